The summed E-state index contributed by atoms with van der Waals surface area (Å²) in [4.78, 5) is 0. The Morgan fingerprint density at radius 1 is 1.60 bits per heavy atom. The van der Waals surface area contributed by atoms with Crippen LogP contribution in [0, 0.1) is 5.92 Å². The zero-order valence-corrected chi connectivity index (χ0v) is 10.3. The Kier molecular flexibility index (Phi) is 3.78. The molecule has 0 spiro atoms. The summed E-state index contributed by atoms with van der Waals surface area (Å²) >= 11 is 1.78. The Morgan fingerprint density at radius 2 is 2.47 bits per heavy atom. The summed E-state index contributed by atoms with van der Waals surface area (Å²) < 4.78 is 0. The van der Waals surface area contributed by atoms with Crippen LogP contribution in [0.25, 0.3) is 0 Å². The molecule has 1 aliphatic heterocycles. The van der Waals surface area contributed by atoms with Crippen molar-refractivity contribution < 1.29 is 0 Å². The van der Waals surface area contributed by atoms with Gasteiger partial charge in [-0.15, -0.1) is 0 Å². The van der Waals surface area contributed by atoms with Gasteiger partial charge in [0.1, 0.15) is 0 Å². The minimum absolute atomic E-state index is 0.488. The molecule has 2 heterocycles. The highest BCUT2D eigenvalue weighted by Gasteiger charge is 2.22. The van der Waals surface area contributed by atoms with E-state index in [1.54, 1.807) is 11.3 Å². The highest BCUT2D eigenvalue weighted by Crippen LogP contribution is 2.19. The monoisotopic (exact) mass is 224 g/mol. The lowest BCUT2D eigenvalue weighted by atomic mass is 9.94. The molecule has 2 nitrogen and oxygen atoms in total. The summed E-state index contributed by atoms with van der Waals surface area (Å²) in [5, 5.41) is 11.6. The van der Waals surface area contributed by atoms with Gasteiger partial charge in [-0.25, -0.2) is 0 Å². The first kappa shape index (κ1) is 11.1. The second kappa shape index (κ2) is 5.10. The van der Waals surface area contributed by atoms with Crippen LogP contribution >= 0.6 is 11.3 Å². The maximum absolute atomic E-state index is 3.74. The van der Waals surface area contributed by atoms with Crippen LogP contribution < -0.4 is 10.6 Å². The van der Waals surface area contributed by atoms with E-state index in [1.807, 2.05) is 0 Å². The fraction of sp³-hybridized carbons (Fsp3) is 0.667. The first-order valence-electron chi connectivity index (χ1n) is 5.76. The summed E-state index contributed by atoms with van der Waals surface area (Å²) in [5.41, 5.74) is 1.42. The van der Waals surface area contributed by atoms with Crippen molar-refractivity contribution in [3.63, 3.8) is 0 Å². The molecule has 1 saturated heterocycles. The van der Waals surface area contributed by atoms with Gasteiger partial charge in [0, 0.05) is 12.1 Å². The molecule has 3 unspecified atom stereocenters. The van der Waals surface area contributed by atoms with E-state index in [4.69, 9.17) is 0 Å². The molecule has 2 rings (SSSR count). The molecule has 1 aromatic heterocycles. The van der Waals surface area contributed by atoms with Gasteiger partial charge >= 0.3 is 0 Å². The summed E-state index contributed by atoms with van der Waals surface area (Å²) in [6.45, 7) is 6.88. The minimum atomic E-state index is 0.488. The molecule has 0 radical (unpaired) electrons. The van der Waals surface area contributed by atoms with Crippen LogP contribution in [0.1, 0.15) is 31.9 Å². The molecule has 3 atom stereocenters. The highest BCUT2D eigenvalue weighted by molar-refractivity contribution is 7.07. The van der Waals surface area contributed by atoms with E-state index in [1.165, 1.54) is 12.0 Å². The lowest BCUT2D eigenvalue weighted by molar-refractivity contribution is 0.278. The van der Waals surface area contributed by atoms with Gasteiger partial charge in [0.15, 0.2) is 0 Å². The van der Waals surface area contributed by atoms with Crippen LogP contribution in [0.2, 0.25) is 0 Å². The lowest BCUT2D eigenvalue weighted by Crippen LogP contribution is -2.46. The number of piperidine rings is 1. The van der Waals surface area contributed by atoms with E-state index in [0.29, 0.717) is 12.1 Å². The summed E-state index contributed by atoms with van der Waals surface area (Å²) in [5.74, 6) is 0.736. The maximum Gasteiger partial charge on any atom is 0.0302 e. The Balaban J connectivity index is 1.90. The van der Waals surface area contributed by atoms with Crippen molar-refractivity contribution >= 4 is 11.3 Å². The highest BCUT2D eigenvalue weighted by atomic mass is 32.1. The molecule has 15 heavy (non-hydrogen) atoms. The van der Waals surface area contributed by atoms with Crippen LogP contribution in [0.5, 0.6) is 0 Å². The first-order chi connectivity index (χ1) is 7.27. The van der Waals surface area contributed by atoms with E-state index >= 15 is 0 Å². The molecule has 1 aromatic rings. The molecular formula is C12H20N2S. The van der Waals surface area contributed by atoms with Gasteiger partial charge in [-0.2, -0.15) is 11.3 Å². The smallest absolute Gasteiger partial charge is 0.0302 e. The van der Waals surface area contributed by atoms with E-state index < -0.39 is 0 Å². The summed E-state index contributed by atoms with van der Waals surface area (Å²) in [6, 6.07) is 3.37. The SMILES string of the molecule is CC(NC1CCNCC1C)c1ccsc1. The second-order valence-corrected chi connectivity index (χ2v) is 5.30. The third kappa shape index (κ3) is 2.80. The second-order valence-electron chi connectivity index (χ2n) is 4.52. The van der Waals surface area contributed by atoms with E-state index in [9.17, 15) is 0 Å². The standard InChI is InChI=1S/C12H20N2S/c1-9-7-13-5-3-12(9)14-10(2)11-4-6-15-8-11/h4,6,8-10,12-14H,3,5,7H2,1-2H3. The average molecular weight is 224 g/mol. The van der Waals surface area contributed by atoms with Gasteiger partial charge in [0.2, 0.25) is 0 Å². The number of nitrogens with one attached hydrogen (secondary N) is 2. The van der Waals surface area contributed by atoms with Crippen molar-refractivity contribution in [2.45, 2.75) is 32.4 Å². The Bertz CT molecular complexity index is 284. The van der Waals surface area contributed by atoms with E-state index in [2.05, 4.69) is 41.3 Å². The van der Waals surface area contributed by atoms with E-state index in [-0.39, 0.29) is 0 Å². The number of hydrogen-bond donors (Lipinski definition) is 2. The molecular weight excluding hydrogens is 204 g/mol. The van der Waals surface area contributed by atoms with Gasteiger partial charge in [0.05, 0.1) is 0 Å². The first-order valence-corrected chi connectivity index (χ1v) is 6.70. The zero-order chi connectivity index (χ0) is 10.7. The van der Waals surface area contributed by atoms with E-state index in [0.717, 1.165) is 19.0 Å². The molecule has 84 valence electrons. The van der Waals surface area contributed by atoms with Crippen LogP contribution in [0.4, 0.5) is 0 Å². The van der Waals surface area contributed by atoms with Crippen molar-refractivity contribution in [2.75, 3.05) is 13.1 Å². The molecule has 1 fully saturated rings. The molecule has 2 N–H and O–H groups in total. The fourth-order valence-corrected chi connectivity index (χ4v) is 2.95. The summed E-state index contributed by atoms with van der Waals surface area (Å²) in [7, 11) is 0. The van der Waals surface area contributed by atoms with Crippen molar-refractivity contribution in [1.82, 2.24) is 10.6 Å². The Labute approximate surface area is 96.1 Å². The molecule has 3 heteroatoms. The molecule has 1 aliphatic rings. The predicted molar refractivity (Wildman–Crippen MR) is 66.3 cm³/mol. The quantitative estimate of drug-likeness (QED) is 0.824. The van der Waals surface area contributed by atoms with Crippen molar-refractivity contribution in [1.29, 1.82) is 0 Å². The van der Waals surface area contributed by atoms with Crippen LogP contribution in [-0.4, -0.2) is 19.1 Å². The average Bonchev–Trinajstić information content (AvgIpc) is 2.74. The van der Waals surface area contributed by atoms with Crippen LogP contribution in [-0.2, 0) is 0 Å². The van der Waals surface area contributed by atoms with Gasteiger partial charge in [-0.1, -0.05) is 6.92 Å². The molecule has 0 aromatic carbocycles. The normalized spacial score (nSPS) is 28.9. The molecule has 0 aliphatic carbocycles. The maximum atomic E-state index is 3.74. The van der Waals surface area contributed by atoms with Crippen LogP contribution in [0.3, 0.4) is 0 Å². The number of thiophene rings is 1. The third-order valence-electron chi connectivity index (χ3n) is 3.29. The lowest BCUT2D eigenvalue weighted by Gasteiger charge is -2.32. The molecule has 0 amide bonds. The van der Waals surface area contributed by atoms with Gasteiger partial charge in [-0.05, 0) is 54.7 Å². The Hall–Kier alpha value is -0.380. The predicted octanol–water partition coefficient (Wildman–Crippen LogP) is 2.40. The van der Waals surface area contributed by atoms with Gasteiger partial charge in [-0.3, -0.25) is 0 Å². The largest absolute Gasteiger partial charge is 0.316 e. The number of hydrogen-bond acceptors (Lipinski definition) is 3. The zero-order valence-electron chi connectivity index (χ0n) is 9.49. The minimum Gasteiger partial charge on any atom is -0.316 e. The van der Waals surface area contributed by atoms with Crippen molar-refractivity contribution in [3.05, 3.63) is 22.4 Å². The summed E-state index contributed by atoms with van der Waals surface area (Å²) in [6.07, 6.45) is 1.25. The third-order valence-corrected chi connectivity index (χ3v) is 3.99. The topological polar surface area (TPSA) is 24.1 Å². The molecule has 0 saturated carbocycles. The van der Waals surface area contributed by atoms with Crippen molar-refractivity contribution in [2.24, 2.45) is 5.92 Å². The number of rotatable bonds is 3. The van der Waals surface area contributed by atoms with Gasteiger partial charge < -0.3 is 10.6 Å². The molecule has 0 bridgehead atoms. The van der Waals surface area contributed by atoms with Crippen LogP contribution in [0.15, 0.2) is 16.8 Å². The Morgan fingerprint density at radius 3 is 3.13 bits per heavy atom. The van der Waals surface area contributed by atoms with Crippen molar-refractivity contribution in [3.8, 4) is 0 Å². The fourth-order valence-electron chi connectivity index (χ4n) is 2.20. The van der Waals surface area contributed by atoms with Gasteiger partial charge in [0.25, 0.3) is 0 Å².